The summed E-state index contributed by atoms with van der Waals surface area (Å²) in [6, 6.07) is 6.31. The van der Waals surface area contributed by atoms with Crippen LogP contribution in [-0.4, -0.2) is 31.1 Å². The quantitative estimate of drug-likeness (QED) is 0.822. The average Bonchev–Trinajstić information content (AvgIpc) is 2.42. The van der Waals surface area contributed by atoms with Gasteiger partial charge >= 0.3 is 0 Å². The van der Waals surface area contributed by atoms with Gasteiger partial charge in [0.1, 0.15) is 11.9 Å². The minimum Gasteiger partial charge on any atom is -0.303 e. The van der Waals surface area contributed by atoms with Crippen molar-refractivity contribution in [2.75, 3.05) is 26.2 Å². The van der Waals surface area contributed by atoms with Crippen LogP contribution in [0.4, 0.5) is 4.39 Å². The van der Waals surface area contributed by atoms with E-state index in [1.807, 2.05) is 6.92 Å². The van der Waals surface area contributed by atoms with Gasteiger partial charge in [-0.1, -0.05) is 19.9 Å². The number of rotatable bonds is 7. The molecule has 1 unspecified atom stereocenters. The lowest BCUT2D eigenvalue weighted by Gasteiger charge is -2.20. The van der Waals surface area contributed by atoms with Crippen molar-refractivity contribution in [2.24, 2.45) is 0 Å². The lowest BCUT2D eigenvalue weighted by atomic mass is 10.0. The molecule has 104 valence electrons. The Labute approximate surface area is 115 Å². The van der Waals surface area contributed by atoms with Crippen molar-refractivity contribution in [1.29, 1.82) is 5.26 Å². The monoisotopic (exact) mass is 263 g/mol. The van der Waals surface area contributed by atoms with Crippen molar-refractivity contribution in [3.63, 3.8) is 0 Å². The van der Waals surface area contributed by atoms with Crippen LogP contribution in [0.3, 0.4) is 0 Å². The van der Waals surface area contributed by atoms with Gasteiger partial charge in [0.25, 0.3) is 0 Å². The molecule has 0 heterocycles. The number of nitrogens with zero attached hydrogens (tertiary/aromatic N) is 2. The van der Waals surface area contributed by atoms with Gasteiger partial charge in [-0.05, 0) is 43.3 Å². The molecule has 4 heteroatoms. The first-order chi connectivity index (χ1) is 9.12. The lowest BCUT2D eigenvalue weighted by Crippen LogP contribution is -2.33. The maximum atomic E-state index is 13.3. The van der Waals surface area contributed by atoms with Crippen molar-refractivity contribution >= 4 is 0 Å². The van der Waals surface area contributed by atoms with E-state index < -0.39 is 6.04 Å². The molecule has 0 aliphatic rings. The highest BCUT2D eigenvalue weighted by Gasteiger charge is 2.13. The lowest BCUT2D eigenvalue weighted by molar-refractivity contribution is 0.300. The van der Waals surface area contributed by atoms with E-state index in [9.17, 15) is 9.65 Å². The third-order valence-corrected chi connectivity index (χ3v) is 3.35. The largest absolute Gasteiger partial charge is 0.303 e. The fourth-order valence-corrected chi connectivity index (χ4v) is 2.05. The standard InChI is InChI=1S/C15H22FN3/c1-4-19(5-2)9-8-18-15(11-17)14-10-13(16)7-6-12(14)3/h6-7,10,15,18H,4-5,8-9H2,1-3H3. The summed E-state index contributed by atoms with van der Waals surface area (Å²) in [6.07, 6.45) is 0. The highest BCUT2D eigenvalue weighted by molar-refractivity contribution is 5.32. The number of hydrogen-bond acceptors (Lipinski definition) is 3. The van der Waals surface area contributed by atoms with E-state index in [0.29, 0.717) is 0 Å². The van der Waals surface area contributed by atoms with Crippen LogP contribution in [0, 0.1) is 24.1 Å². The predicted octanol–water partition coefficient (Wildman–Crippen LogP) is 2.63. The van der Waals surface area contributed by atoms with Crippen molar-refractivity contribution in [3.05, 3.63) is 35.1 Å². The molecule has 0 aliphatic heterocycles. The maximum Gasteiger partial charge on any atom is 0.123 e. The van der Waals surface area contributed by atoms with Gasteiger partial charge < -0.3 is 4.90 Å². The van der Waals surface area contributed by atoms with Gasteiger partial charge in [0.05, 0.1) is 6.07 Å². The van der Waals surface area contributed by atoms with E-state index in [2.05, 4.69) is 30.1 Å². The molecule has 0 saturated heterocycles. The molecule has 1 atom stereocenters. The second-order valence-electron chi connectivity index (χ2n) is 4.54. The average molecular weight is 263 g/mol. The maximum absolute atomic E-state index is 13.3. The topological polar surface area (TPSA) is 39.1 Å². The molecule has 0 spiro atoms. The Hall–Kier alpha value is -1.44. The summed E-state index contributed by atoms with van der Waals surface area (Å²) in [5.74, 6) is -0.300. The Balaban J connectivity index is 2.64. The highest BCUT2D eigenvalue weighted by Crippen LogP contribution is 2.18. The van der Waals surface area contributed by atoms with E-state index in [4.69, 9.17) is 0 Å². The summed E-state index contributed by atoms with van der Waals surface area (Å²) < 4.78 is 13.3. The summed E-state index contributed by atoms with van der Waals surface area (Å²) >= 11 is 0. The smallest absolute Gasteiger partial charge is 0.123 e. The first-order valence-electron chi connectivity index (χ1n) is 6.73. The first kappa shape index (κ1) is 15.6. The summed E-state index contributed by atoms with van der Waals surface area (Å²) in [4.78, 5) is 2.28. The van der Waals surface area contributed by atoms with Gasteiger partial charge in [-0.2, -0.15) is 5.26 Å². The SMILES string of the molecule is CCN(CC)CCNC(C#N)c1cc(F)ccc1C. The number of aryl methyl sites for hydroxylation is 1. The zero-order valence-electron chi connectivity index (χ0n) is 11.9. The van der Waals surface area contributed by atoms with Crippen molar-refractivity contribution in [3.8, 4) is 6.07 Å². The summed E-state index contributed by atoms with van der Waals surface area (Å²) in [7, 11) is 0. The molecule has 0 saturated carbocycles. The Bertz CT molecular complexity index is 436. The van der Waals surface area contributed by atoms with E-state index in [1.165, 1.54) is 12.1 Å². The fraction of sp³-hybridized carbons (Fsp3) is 0.533. The predicted molar refractivity (Wildman–Crippen MR) is 75.3 cm³/mol. The molecule has 1 aromatic carbocycles. The normalized spacial score (nSPS) is 12.4. The number of halogens is 1. The number of likely N-dealkylation sites (N-methyl/N-ethyl adjacent to an activating group) is 1. The highest BCUT2D eigenvalue weighted by atomic mass is 19.1. The number of nitrogens with one attached hydrogen (secondary N) is 1. The summed E-state index contributed by atoms with van der Waals surface area (Å²) in [5, 5.41) is 12.4. The third-order valence-electron chi connectivity index (χ3n) is 3.35. The molecule has 0 fully saturated rings. The van der Waals surface area contributed by atoms with Gasteiger partial charge in [0.15, 0.2) is 0 Å². The van der Waals surface area contributed by atoms with Crippen LogP contribution in [0.1, 0.15) is 31.0 Å². The molecule has 19 heavy (non-hydrogen) atoms. The van der Waals surface area contributed by atoms with Crippen LogP contribution in [0.25, 0.3) is 0 Å². The zero-order valence-corrected chi connectivity index (χ0v) is 11.9. The molecule has 0 bridgehead atoms. The van der Waals surface area contributed by atoms with E-state index in [0.717, 1.165) is 37.3 Å². The molecular formula is C15H22FN3. The second kappa shape index (κ2) is 7.88. The van der Waals surface area contributed by atoms with Crippen LogP contribution in [0.2, 0.25) is 0 Å². The van der Waals surface area contributed by atoms with Crippen molar-refractivity contribution < 1.29 is 4.39 Å². The minimum atomic E-state index is -0.453. The van der Waals surface area contributed by atoms with Gasteiger partial charge in [0.2, 0.25) is 0 Å². The molecule has 0 radical (unpaired) electrons. The van der Waals surface area contributed by atoms with Gasteiger partial charge in [-0.15, -0.1) is 0 Å². The number of nitriles is 1. The molecule has 1 aromatic rings. The Morgan fingerprint density at radius 2 is 2.05 bits per heavy atom. The fourth-order valence-electron chi connectivity index (χ4n) is 2.05. The molecule has 0 aliphatic carbocycles. The van der Waals surface area contributed by atoms with Gasteiger partial charge in [-0.25, -0.2) is 4.39 Å². The molecule has 1 rings (SSSR count). The van der Waals surface area contributed by atoms with E-state index in [1.54, 1.807) is 6.07 Å². The van der Waals surface area contributed by atoms with Crippen molar-refractivity contribution in [1.82, 2.24) is 10.2 Å². The first-order valence-corrected chi connectivity index (χ1v) is 6.73. The molecule has 1 N–H and O–H groups in total. The van der Waals surface area contributed by atoms with Crippen LogP contribution in [0.5, 0.6) is 0 Å². The molecule has 0 amide bonds. The summed E-state index contributed by atoms with van der Waals surface area (Å²) in [5.41, 5.74) is 1.66. The molecular weight excluding hydrogens is 241 g/mol. The van der Waals surface area contributed by atoms with Crippen LogP contribution in [0.15, 0.2) is 18.2 Å². The van der Waals surface area contributed by atoms with Crippen LogP contribution in [-0.2, 0) is 0 Å². The summed E-state index contributed by atoms with van der Waals surface area (Å²) in [6.45, 7) is 9.72. The zero-order chi connectivity index (χ0) is 14.3. The van der Waals surface area contributed by atoms with E-state index >= 15 is 0 Å². The Morgan fingerprint density at radius 1 is 1.37 bits per heavy atom. The second-order valence-corrected chi connectivity index (χ2v) is 4.54. The van der Waals surface area contributed by atoms with E-state index in [-0.39, 0.29) is 5.82 Å². The molecule has 3 nitrogen and oxygen atoms in total. The van der Waals surface area contributed by atoms with Crippen LogP contribution >= 0.6 is 0 Å². The molecule has 0 aromatic heterocycles. The number of hydrogen-bond donors (Lipinski definition) is 1. The Kier molecular flexibility index (Phi) is 6.48. The minimum absolute atomic E-state index is 0.300. The van der Waals surface area contributed by atoms with Crippen LogP contribution < -0.4 is 5.32 Å². The third kappa shape index (κ3) is 4.62. The van der Waals surface area contributed by atoms with Gasteiger partial charge in [-0.3, -0.25) is 5.32 Å². The van der Waals surface area contributed by atoms with Gasteiger partial charge in [0, 0.05) is 13.1 Å². The Morgan fingerprint density at radius 3 is 2.63 bits per heavy atom. The number of benzene rings is 1. The van der Waals surface area contributed by atoms with Crippen molar-refractivity contribution in [2.45, 2.75) is 26.8 Å².